The van der Waals surface area contributed by atoms with E-state index in [9.17, 15) is 12.8 Å². The van der Waals surface area contributed by atoms with Gasteiger partial charge in [-0.2, -0.15) is 0 Å². The number of aromatic nitrogens is 2. The zero-order chi connectivity index (χ0) is 13.9. The molecule has 2 rings (SSSR count). The molecule has 0 bridgehead atoms. The molecule has 0 aliphatic rings. The second-order valence-electron chi connectivity index (χ2n) is 3.81. The molecule has 0 unspecified atom stereocenters. The average molecular weight is 282 g/mol. The second kappa shape index (κ2) is 5.19. The van der Waals surface area contributed by atoms with Crippen molar-refractivity contribution in [2.45, 2.75) is 0 Å². The van der Waals surface area contributed by atoms with Crippen LogP contribution in [0.4, 0.5) is 21.7 Å². The van der Waals surface area contributed by atoms with Gasteiger partial charge < -0.3 is 5.32 Å². The number of rotatable bonds is 4. The van der Waals surface area contributed by atoms with E-state index in [1.54, 1.807) is 18.2 Å². The van der Waals surface area contributed by atoms with Crippen LogP contribution in [0.25, 0.3) is 0 Å². The van der Waals surface area contributed by atoms with Crippen LogP contribution in [0.15, 0.2) is 36.4 Å². The minimum absolute atomic E-state index is 0.132. The third-order valence-corrected chi connectivity index (χ3v) is 2.65. The lowest BCUT2D eigenvalue weighted by atomic mass is 10.3. The van der Waals surface area contributed by atoms with Gasteiger partial charge in [0.2, 0.25) is 10.0 Å². The maximum Gasteiger partial charge on any atom is 0.231 e. The highest BCUT2D eigenvalue weighted by molar-refractivity contribution is 7.92. The third kappa shape index (κ3) is 4.18. The Labute approximate surface area is 109 Å². The molecule has 0 fully saturated rings. The number of nitrogens with zero attached hydrogens (tertiary/aromatic N) is 2. The largest absolute Gasteiger partial charge is 0.339 e. The number of sulfonamides is 1. The van der Waals surface area contributed by atoms with E-state index in [1.807, 2.05) is 0 Å². The Morgan fingerprint density at radius 3 is 2.11 bits per heavy atom. The summed E-state index contributed by atoms with van der Waals surface area (Å²) in [7, 11) is -3.37. The molecule has 0 spiro atoms. The lowest BCUT2D eigenvalue weighted by Gasteiger charge is -2.06. The van der Waals surface area contributed by atoms with E-state index < -0.39 is 10.0 Å². The lowest BCUT2D eigenvalue weighted by molar-refractivity contribution is 0.606. The highest BCUT2D eigenvalue weighted by Gasteiger charge is 2.04. The molecular formula is C11H11FN4O2S. The first-order chi connectivity index (χ1) is 8.92. The van der Waals surface area contributed by atoms with Crippen LogP contribution in [0, 0.1) is 5.82 Å². The Balaban J connectivity index is 2.08. The first kappa shape index (κ1) is 13.2. The Kier molecular flexibility index (Phi) is 3.61. The fourth-order valence-electron chi connectivity index (χ4n) is 1.32. The van der Waals surface area contributed by atoms with Crippen LogP contribution in [0.1, 0.15) is 0 Å². The Morgan fingerprint density at radius 2 is 1.58 bits per heavy atom. The molecule has 1 aromatic heterocycles. The molecule has 1 aromatic carbocycles. The number of halogens is 1. The molecule has 0 atom stereocenters. The van der Waals surface area contributed by atoms with Gasteiger partial charge in [0.1, 0.15) is 5.82 Å². The molecule has 2 N–H and O–H groups in total. The summed E-state index contributed by atoms with van der Waals surface area (Å²) < 4.78 is 36.9. The highest BCUT2D eigenvalue weighted by atomic mass is 32.2. The molecule has 1 heterocycles. The van der Waals surface area contributed by atoms with Gasteiger partial charge in [0.05, 0.1) is 6.26 Å². The van der Waals surface area contributed by atoms with Crippen LogP contribution in [0.2, 0.25) is 0 Å². The molecule has 0 radical (unpaired) electrons. The highest BCUT2D eigenvalue weighted by Crippen LogP contribution is 2.15. The monoisotopic (exact) mass is 282 g/mol. The molecule has 0 amide bonds. The maximum absolute atomic E-state index is 12.7. The summed E-state index contributed by atoms with van der Waals surface area (Å²) in [5, 5.41) is 10.4. The lowest BCUT2D eigenvalue weighted by Crippen LogP contribution is -2.11. The minimum atomic E-state index is -3.37. The first-order valence-corrected chi connectivity index (χ1v) is 7.16. The van der Waals surface area contributed by atoms with Gasteiger partial charge in [-0.3, -0.25) is 4.72 Å². The number of hydrogen-bond acceptors (Lipinski definition) is 5. The van der Waals surface area contributed by atoms with E-state index >= 15 is 0 Å². The van der Waals surface area contributed by atoms with Gasteiger partial charge in [-0.1, -0.05) is 0 Å². The number of anilines is 3. The molecule has 6 nitrogen and oxygen atoms in total. The van der Waals surface area contributed by atoms with Crippen LogP contribution < -0.4 is 10.0 Å². The van der Waals surface area contributed by atoms with Crippen molar-refractivity contribution < 1.29 is 12.8 Å². The fourth-order valence-corrected chi connectivity index (χ4v) is 1.81. The Morgan fingerprint density at radius 1 is 1.00 bits per heavy atom. The van der Waals surface area contributed by atoms with Crippen molar-refractivity contribution in [3.8, 4) is 0 Å². The standard InChI is InChI=1S/C11H11FN4O2S/c1-19(17,18)16-11-7-6-10(14-15-11)13-9-4-2-8(12)3-5-9/h2-7H,1H3,(H,13,14)(H,15,16). The number of hydrogen-bond donors (Lipinski definition) is 2. The van der Waals surface area contributed by atoms with Crippen molar-refractivity contribution >= 4 is 27.3 Å². The molecule has 8 heteroatoms. The van der Waals surface area contributed by atoms with Crippen molar-refractivity contribution in [3.63, 3.8) is 0 Å². The van der Waals surface area contributed by atoms with Crippen LogP contribution in [0.3, 0.4) is 0 Å². The van der Waals surface area contributed by atoms with Gasteiger partial charge in [-0.05, 0) is 36.4 Å². The zero-order valence-corrected chi connectivity index (χ0v) is 10.8. The predicted molar refractivity (Wildman–Crippen MR) is 70.2 cm³/mol. The summed E-state index contributed by atoms with van der Waals surface area (Å²) in [4.78, 5) is 0. The van der Waals surface area contributed by atoms with Crippen LogP contribution in [-0.4, -0.2) is 24.9 Å². The van der Waals surface area contributed by atoms with E-state index in [2.05, 4.69) is 20.2 Å². The summed E-state index contributed by atoms with van der Waals surface area (Å²) in [6.07, 6.45) is 1.03. The van der Waals surface area contributed by atoms with Crippen LogP contribution in [-0.2, 0) is 10.0 Å². The summed E-state index contributed by atoms with van der Waals surface area (Å²) in [6.45, 7) is 0. The smallest absolute Gasteiger partial charge is 0.231 e. The normalized spacial score (nSPS) is 11.1. The summed E-state index contributed by atoms with van der Waals surface area (Å²) in [5.74, 6) is 0.224. The number of nitrogens with one attached hydrogen (secondary N) is 2. The molecule has 0 saturated heterocycles. The molecule has 2 aromatic rings. The van der Waals surface area contributed by atoms with Gasteiger partial charge in [-0.25, -0.2) is 12.8 Å². The SMILES string of the molecule is CS(=O)(=O)Nc1ccc(Nc2ccc(F)cc2)nn1. The van der Waals surface area contributed by atoms with Gasteiger partial charge in [0.25, 0.3) is 0 Å². The van der Waals surface area contributed by atoms with Gasteiger partial charge in [0.15, 0.2) is 11.6 Å². The summed E-state index contributed by atoms with van der Waals surface area (Å²) >= 11 is 0. The summed E-state index contributed by atoms with van der Waals surface area (Å²) in [6, 6.07) is 8.77. The van der Waals surface area contributed by atoms with Crippen LogP contribution >= 0.6 is 0 Å². The van der Waals surface area contributed by atoms with E-state index in [4.69, 9.17) is 0 Å². The molecule has 0 aliphatic carbocycles. The molecular weight excluding hydrogens is 271 g/mol. The van der Waals surface area contributed by atoms with Crippen molar-refractivity contribution in [2.24, 2.45) is 0 Å². The predicted octanol–water partition coefficient (Wildman–Crippen LogP) is 1.73. The van der Waals surface area contributed by atoms with Gasteiger partial charge in [-0.15, -0.1) is 10.2 Å². The van der Waals surface area contributed by atoms with Gasteiger partial charge >= 0.3 is 0 Å². The summed E-state index contributed by atoms with van der Waals surface area (Å²) in [5.41, 5.74) is 0.652. The minimum Gasteiger partial charge on any atom is -0.339 e. The van der Waals surface area contributed by atoms with Crippen molar-refractivity contribution in [2.75, 3.05) is 16.3 Å². The van der Waals surface area contributed by atoms with Crippen LogP contribution in [0.5, 0.6) is 0 Å². The Bertz CT molecular complexity index is 656. The third-order valence-electron chi connectivity index (χ3n) is 2.07. The zero-order valence-electron chi connectivity index (χ0n) is 9.96. The first-order valence-electron chi connectivity index (χ1n) is 5.26. The maximum atomic E-state index is 12.7. The number of benzene rings is 1. The van der Waals surface area contributed by atoms with E-state index in [0.29, 0.717) is 11.5 Å². The van der Waals surface area contributed by atoms with Crippen molar-refractivity contribution in [3.05, 3.63) is 42.2 Å². The van der Waals surface area contributed by atoms with Gasteiger partial charge in [0, 0.05) is 5.69 Å². The van der Waals surface area contributed by atoms with E-state index in [-0.39, 0.29) is 11.6 Å². The van der Waals surface area contributed by atoms with Crippen molar-refractivity contribution in [1.82, 2.24) is 10.2 Å². The topological polar surface area (TPSA) is 84.0 Å². The quantitative estimate of drug-likeness (QED) is 0.892. The Hall–Kier alpha value is -2.22. The average Bonchev–Trinajstić information content (AvgIpc) is 2.33. The molecule has 0 aliphatic heterocycles. The molecule has 0 saturated carbocycles. The molecule has 19 heavy (non-hydrogen) atoms. The second-order valence-corrected chi connectivity index (χ2v) is 5.56. The van der Waals surface area contributed by atoms with E-state index in [0.717, 1.165) is 6.26 Å². The molecule has 100 valence electrons. The fraction of sp³-hybridized carbons (Fsp3) is 0.0909. The van der Waals surface area contributed by atoms with Crippen molar-refractivity contribution in [1.29, 1.82) is 0 Å². The van der Waals surface area contributed by atoms with E-state index in [1.165, 1.54) is 18.2 Å².